The van der Waals surface area contributed by atoms with Crippen LogP contribution in [0.15, 0.2) is 109 Å². The highest BCUT2D eigenvalue weighted by molar-refractivity contribution is 6.02. The molecule has 16 heteroatoms. The predicted molar refractivity (Wildman–Crippen MR) is 200 cm³/mol. The predicted octanol–water partition coefficient (Wildman–Crippen LogP) is 1.13. The lowest BCUT2D eigenvalue weighted by molar-refractivity contribution is 0.298. The van der Waals surface area contributed by atoms with Crippen LogP contribution in [0.1, 0.15) is 11.1 Å². The highest BCUT2D eigenvalue weighted by Gasteiger charge is 2.06. The van der Waals surface area contributed by atoms with Crippen molar-refractivity contribution in [1.29, 1.82) is 0 Å². The molecule has 0 atom stereocenters. The third-order valence-corrected chi connectivity index (χ3v) is 6.47. The molecule has 254 valence electrons. The molecular weight excluding hydrogens is 608 g/mol. The van der Waals surface area contributed by atoms with E-state index in [1.807, 2.05) is 92.7 Å². The van der Waals surface area contributed by atoms with Crippen molar-refractivity contribution in [2.45, 2.75) is 13.8 Å². The van der Waals surface area contributed by atoms with Crippen molar-refractivity contribution in [3.05, 3.63) is 90.0 Å². The SMILES string of the molecule is Cc1ccc(NC(N)=NC(N)=NCCN(CCN=C(N)N=C(N)Nc2ccccc2)CCN=C(N)N=C(N)Nc2ccc(C)cc2)cc1. The molecule has 48 heavy (non-hydrogen) atoms. The Morgan fingerprint density at radius 3 is 1.12 bits per heavy atom. The minimum atomic E-state index is 0.0391. The lowest BCUT2D eigenvalue weighted by Crippen LogP contribution is -2.33. The topological polar surface area (TPSA) is 270 Å². The second-order valence-electron chi connectivity index (χ2n) is 10.5. The maximum Gasteiger partial charge on any atom is 0.218 e. The Hall–Kier alpha value is -6.16. The smallest absolute Gasteiger partial charge is 0.218 e. The third kappa shape index (κ3) is 14.7. The van der Waals surface area contributed by atoms with Crippen LogP contribution in [0.25, 0.3) is 0 Å². The molecule has 0 aliphatic carbocycles. The van der Waals surface area contributed by atoms with Crippen LogP contribution < -0.4 is 50.4 Å². The molecule has 0 spiro atoms. The van der Waals surface area contributed by atoms with Gasteiger partial charge in [0.05, 0.1) is 19.6 Å². The minimum Gasteiger partial charge on any atom is -0.369 e. The van der Waals surface area contributed by atoms with Crippen molar-refractivity contribution >= 4 is 52.8 Å². The van der Waals surface area contributed by atoms with Gasteiger partial charge in [0.1, 0.15) is 0 Å². The first-order valence-corrected chi connectivity index (χ1v) is 15.2. The quantitative estimate of drug-likeness (QED) is 0.0992. The molecule has 0 bridgehead atoms. The van der Waals surface area contributed by atoms with Crippen LogP contribution in [0.4, 0.5) is 17.1 Å². The van der Waals surface area contributed by atoms with E-state index < -0.39 is 0 Å². The first kappa shape index (κ1) is 36.3. The van der Waals surface area contributed by atoms with E-state index in [1.54, 1.807) is 0 Å². The largest absolute Gasteiger partial charge is 0.369 e. The fraction of sp³-hybridized carbons (Fsp3) is 0.250. The van der Waals surface area contributed by atoms with Crippen LogP contribution in [0, 0.1) is 13.8 Å². The number of nitrogens with two attached hydrogens (primary N) is 6. The van der Waals surface area contributed by atoms with Gasteiger partial charge in [-0.3, -0.25) is 19.9 Å². The summed E-state index contributed by atoms with van der Waals surface area (Å²) in [4.78, 5) is 27.5. The van der Waals surface area contributed by atoms with Crippen molar-refractivity contribution in [1.82, 2.24) is 4.90 Å². The molecule has 15 N–H and O–H groups in total. The number of hydrogen-bond donors (Lipinski definition) is 9. The molecule has 16 nitrogen and oxygen atoms in total. The van der Waals surface area contributed by atoms with Gasteiger partial charge in [0.2, 0.25) is 35.8 Å². The zero-order valence-electron chi connectivity index (χ0n) is 27.3. The number of aliphatic imine (C=N–C) groups is 6. The molecule has 3 aromatic carbocycles. The monoisotopic (exact) mass is 654 g/mol. The molecule has 0 saturated carbocycles. The Kier molecular flexibility index (Phi) is 14.7. The molecule has 0 aliphatic rings. The van der Waals surface area contributed by atoms with Gasteiger partial charge in [-0.15, -0.1) is 0 Å². The van der Waals surface area contributed by atoms with E-state index in [2.05, 4.69) is 50.8 Å². The van der Waals surface area contributed by atoms with Gasteiger partial charge in [-0.25, -0.2) is 0 Å². The van der Waals surface area contributed by atoms with Gasteiger partial charge in [-0.05, 0) is 50.2 Å². The Balaban J connectivity index is 1.59. The first-order valence-electron chi connectivity index (χ1n) is 15.2. The summed E-state index contributed by atoms with van der Waals surface area (Å²) >= 11 is 0. The summed E-state index contributed by atoms with van der Waals surface area (Å²) in [6.07, 6.45) is 0. The van der Waals surface area contributed by atoms with Crippen LogP contribution in [0.2, 0.25) is 0 Å². The van der Waals surface area contributed by atoms with Gasteiger partial charge >= 0.3 is 0 Å². The van der Waals surface area contributed by atoms with Gasteiger partial charge in [-0.1, -0.05) is 53.6 Å². The lowest BCUT2D eigenvalue weighted by atomic mass is 10.2. The Bertz CT molecular complexity index is 1520. The van der Waals surface area contributed by atoms with Gasteiger partial charge in [0, 0.05) is 36.7 Å². The summed E-state index contributed by atoms with van der Waals surface area (Å²) in [7, 11) is 0. The zero-order valence-corrected chi connectivity index (χ0v) is 27.3. The first-order chi connectivity index (χ1) is 23.0. The van der Waals surface area contributed by atoms with Crippen molar-refractivity contribution in [2.75, 3.05) is 55.2 Å². The summed E-state index contributed by atoms with van der Waals surface area (Å²) in [5, 5.41) is 8.94. The molecule has 3 rings (SSSR count). The van der Waals surface area contributed by atoms with E-state index in [4.69, 9.17) is 34.4 Å². The van der Waals surface area contributed by atoms with Gasteiger partial charge in [0.25, 0.3) is 0 Å². The van der Waals surface area contributed by atoms with E-state index in [0.29, 0.717) is 39.3 Å². The zero-order chi connectivity index (χ0) is 34.7. The number of para-hydroxylation sites is 1. The molecule has 0 unspecified atom stereocenters. The standard InChI is InChI=1S/C32H46N16/c1-22-8-12-25(13-9-22)43-31(37)46-28(34)40-17-20-48(19-16-39-27(33)45-30(36)42-24-6-4-3-5-7-24)21-18-41-29(35)47-32(38)44-26-14-10-23(2)11-15-26/h3-15H,16-21H2,1-2H3,(H5,33,36,39,42,45)(H5,34,37,40,43,46)(H5,35,38,41,44,47). The van der Waals surface area contributed by atoms with E-state index >= 15 is 0 Å². The molecule has 0 amide bonds. The molecule has 0 radical (unpaired) electrons. The molecule has 0 aliphatic heterocycles. The fourth-order valence-electron chi connectivity index (χ4n) is 4.05. The van der Waals surface area contributed by atoms with E-state index in [-0.39, 0.29) is 35.8 Å². The fourth-order valence-corrected chi connectivity index (χ4v) is 4.05. The maximum atomic E-state index is 6.01. The van der Waals surface area contributed by atoms with Gasteiger partial charge < -0.3 is 50.4 Å². The van der Waals surface area contributed by atoms with Crippen molar-refractivity contribution in [2.24, 2.45) is 64.4 Å². The number of nitrogens with one attached hydrogen (secondary N) is 3. The van der Waals surface area contributed by atoms with Crippen LogP contribution in [-0.4, -0.2) is 79.9 Å². The molecule has 0 aromatic heterocycles. The molecule has 3 aromatic rings. The van der Waals surface area contributed by atoms with Gasteiger partial charge in [0.15, 0.2) is 0 Å². The van der Waals surface area contributed by atoms with Crippen LogP contribution in [0.3, 0.4) is 0 Å². The summed E-state index contributed by atoms with van der Waals surface area (Å²) < 4.78 is 0. The molecule has 0 heterocycles. The van der Waals surface area contributed by atoms with Crippen LogP contribution in [0.5, 0.6) is 0 Å². The molecule has 0 fully saturated rings. The van der Waals surface area contributed by atoms with Crippen LogP contribution >= 0.6 is 0 Å². The highest BCUT2D eigenvalue weighted by Crippen LogP contribution is 2.09. The Labute approximate surface area is 280 Å². The average molecular weight is 655 g/mol. The number of anilines is 3. The number of guanidine groups is 6. The molecular formula is C32H46N16. The maximum absolute atomic E-state index is 6.01. The second-order valence-corrected chi connectivity index (χ2v) is 10.5. The highest BCUT2D eigenvalue weighted by atomic mass is 15.2. The number of rotatable bonds is 12. The van der Waals surface area contributed by atoms with E-state index in [0.717, 1.165) is 28.2 Å². The van der Waals surface area contributed by atoms with Gasteiger partial charge in [-0.2, -0.15) is 15.0 Å². The molecule has 0 saturated heterocycles. The number of hydrogen-bond acceptors (Lipinski definition) is 4. The van der Waals surface area contributed by atoms with Crippen molar-refractivity contribution < 1.29 is 0 Å². The van der Waals surface area contributed by atoms with Crippen molar-refractivity contribution in [3.8, 4) is 0 Å². The van der Waals surface area contributed by atoms with Crippen LogP contribution in [-0.2, 0) is 0 Å². The van der Waals surface area contributed by atoms with Crippen molar-refractivity contribution in [3.63, 3.8) is 0 Å². The minimum absolute atomic E-state index is 0.0391. The Morgan fingerprint density at radius 1 is 0.479 bits per heavy atom. The summed E-state index contributed by atoms with van der Waals surface area (Å²) in [6.45, 7) is 6.54. The Morgan fingerprint density at radius 2 is 0.792 bits per heavy atom. The van der Waals surface area contributed by atoms with E-state index in [9.17, 15) is 0 Å². The summed E-state index contributed by atoms with van der Waals surface area (Å²) in [6, 6.07) is 24.8. The summed E-state index contributed by atoms with van der Waals surface area (Å²) in [5.74, 6) is 0.505. The second kappa shape index (κ2) is 19.4. The van der Waals surface area contributed by atoms with E-state index in [1.165, 1.54) is 0 Å². The third-order valence-electron chi connectivity index (χ3n) is 6.47. The lowest BCUT2D eigenvalue weighted by Gasteiger charge is -2.19. The normalized spacial score (nSPS) is 13.5. The average Bonchev–Trinajstić information content (AvgIpc) is 3.03. The number of nitrogens with zero attached hydrogens (tertiary/aromatic N) is 7. The number of benzene rings is 3. The summed E-state index contributed by atoms with van der Waals surface area (Å²) in [5.41, 5.74) is 40.6. The number of aryl methyl sites for hydroxylation is 2.